The summed E-state index contributed by atoms with van der Waals surface area (Å²) in [6.07, 6.45) is 5.46. The van der Waals surface area contributed by atoms with Crippen LogP contribution in [0.25, 0.3) is 0 Å². The van der Waals surface area contributed by atoms with Gasteiger partial charge < -0.3 is 9.84 Å². The van der Waals surface area contributed by atoms with Crippen LogP contribution in [0.2, 0.25) is 0 Å². The van der Waals surface area contributed by atoms with E-state index in [1.54, 1.807) is 0 Å². The van der Waals surface area contributed by atoms with Gasteiger partial charge in [-0.05, 0) is 57.3 Å². The fourth-order valence-corrected chi connectivity index (χ4v) is 3.09. The van der Waals surface area contributed by atoms with Crippen LogP contribution in [0, 0.1) is 17.3 Å². The van der Waals surface area contributed by atoms with Gasteiger partial charge in [0, 0.05) is 13.2 Å². The van der Waals surface area contributed by atoms with Crippen molar-refractivity contribution in [3.8, 4) is 0 Å². The summed E-state index contributed by atoms with van der Waals surface area (Å²) in [7, 11) is 0. The molecule has 0 bridgehead atoms. The second-order valence-electron chi connectivity index (χ2n) is 5.97. The number of ether oxygens (including phenoxy) is 1. The van der Waals surface area contributed by atoms with Crippen LogP contribution >= 0.6 is 0 Å². The molecule has 1 fully saturated rings. The van der Waals surface area contributed by atoms with Gasteiger partial charge in [0.05, 0.1) is 5.41 Å². The van der Waals surface area contributed by atoms with E-state index in [4.69, 9.17) is 4.74 Å². The number of carboxylic acids is 1. The van der Waals surface area contributed by atoms with E-state index in [9.17, 15) is 9.90 Å². The Morgan fingerprint density at radius 1 is 1.39 bits per heavy atom. The van der Waals surface area contributed by atoms with Gasteiger partial charge in [-0.3, -0.25) is 4.79 Å². The fraction of sp³-hybridized carbons (Fsp3) is 0.933. The van der Waals surface area contributed by atoms with Crippen LogP contribution in [0.4, 0.5) is 0 Å². The summed E-state index contributed by atoms with van der Waals surface area (Å²) in [4.78, 5) is 11.6. The molecule has 3 nitrogen and oxygen atoms in total. The SMILES string of the molecule is CCOCCCC1(C(=O)O)CCC(C(C)C)CC1. The highest BCUT2D eigenvalue weighted by molar-refractivity contribution is 5.74. The summed E-state index contributed by atoms with van der Waals surface area (Å²) in [5, 5.41) is 9.53. The van der Waals surface area contributed by atoms with E-state index in [-0.39, 0.29) is 0 Å². The molecule has 0 aromatic carbocycles. The third-order valence-corrected chi connectivity index (χ3v) is 4.53. The predicted molar refractivity (Wildman–Crippen MR) is 72.6 cm³/mol. The van der Waals surface area contributed by atoms with Gasteiger partial charge >= 0.3 is 5.97 Å². The molecule has 0 saturated heterocycles. The minimum Gasteiger partial charge on any atom is -0.481 e. The van der Waals surface area contributed by atoms with Crippen LogP contribution < -0.4 is 0 Å². The van der Waals surface area contributed by atoms with E-state index in [0.29, 0.717) is 18.4 Å². The largest absolute Gasteiger partial charge is 0.481 e. The molecule has 1 saturated carbocycles. The Bertz CT molecular complexity index is 252. The molecule has 0 unspecified atom stereocenters. The van der Waals surface area contributed by atoms with Crippen LogP contribution in [0.3, 0.4) is 0 Å². The average molecular weight is 256 g/mol. The topological polar surface area (TPSA) is 46.5 Å². The van der Waals surface area contributed by atoms with Gasteiger partial charge in [0.25, 0.3) is 0 Å². The normalized spacial score (nSPS) is 28.6. The van der Waals surface area contributed by atoms with E-state index < -0.39 is 11.4 Å². The number of hydrogen-bond acceptors (Lipinski definition) is 2. The fourth-order valence-electron chi connectivity index (χ4n) is 3.09. The molecule has 106 valence electrons. The third kappa shape index (κ3) is 3.98. The Labute approximate surface area is 111 Å². The second kappa shape index (κ2) is 7.13. The zero-order valence-corrected chi connectivity index (χ0v) is 12.1. The lowest BCUT2D eigenvalue weighted by atomic mass is 9.66. The van der Waals surface area contributed by atoms with Crippen molar-refractivity contribution in [2.24, 2.45) is 17.3 Å². The van der Waals surface area contributed by atoms with Crippen molar-refractivity contribution in [1.29, 1.82) is 0 Å². The van der Waals surface area contributed by atoms with Gasteiger partial charge in [0.1, 0.15) is 0 Å². The van der Waals surface area contributed by atoms with Gasteiger partial charge in [-0.15, -0.1) is 0 Å². The average Bonchev–Trinajstić information content (AvgIpc) is 2.35. The van der Waals surface area contributed by atoms with Gasteiger partial charge in [-0.1, -0.05) is 13.8 Å². The number of carboxylic acid groups (broad SMARTS) is 1. The van der Waals surface area contributed by atoms with Crippen molar-refractivity contribution in [2.45, 2.75) is 59.3 Å². The lowest BCUT2D eigenvalue weighted by Gasteiger charge is -2.38. The molecule has 0 aromatic rings. The Morgan fingerprint density at radius 3 is 2.44 bits per heavy atom. The maximum Gasteiger partial charge on any atom is 0.309 e. The van der Waals surface area contributed by atoms with Gasteiger partial charge in [-0.2, -0.15) is 0 Å². The van der Waals surface area contributed by atoms with Gasteiger partial charge in [0.15, 0.2) is 0 Å². The summed E-state index contributed by atoms with van der Waals surface area (Å²) >= 11 is 0. The zero-order chi connectivity index (χ0) is 13.6. The lowest BCUT2D eigenvalue weighted by molar-refractivity contribution is -0.152. The van der Waals surface area contributed by atoms with Crippen LogP contribution in [0.5, 0.6) is 0 Å². The molecule has 3 heteroatoms. The van der Waals surface area contributed by atoms with E-state index in [1.807, 2.05) is 6.92 Å². The maximum absolute atomic E-state index is 11.6. The molecule has 1 aliphatic carbocycles. The van der Waals surface area contributed by atoms with Crippen molar-refractivity contribution < 1.29 is 14.6 Å². The van der Waals surface area contributed by atoms with Crippen LogP contribution in [0.15, 0.2) is 0 Å². The first-order valence-corrected chi connectivity index (χ1v) is 7.33. The Morgan fingerprint density at radius 2 is 2.00 bits per heavy atom. The number of aliphatic carboxylic acids is 1. The van der Waals surface area contributed by atoms with E-state index in [1.165, 1.54) is 0 Å². The molecule has 1 rings (SSSR count). The Balaban J connectivity index is 2.48. The van der Waals surface area contributed by atoms with Crippen LogP contribution in [-0.2, 0) is 9.53 Å². The molecule has 18 heavy (non-hydrogen) atoms. The molecular formula is C15H28O3. The first-order valence-electron chi connectivity index (χ1n) is 7.33. The third-order valence-electron chi connectivity index (χ3n) is 4.53. The van der Waals surface area contributed by atoms with E-state index in [2.05, 4.69) is 13.8 Å². The van der Waals surface area contributed by atoms with Gasteiger partial charge in [-0.25, -0.2) is 0 Å². The number of hydrogen-bond donors (Lipinski definition) is 1. The highest BCUT2D eigenvalue weighted by Crippen LogP contribution is 2.44. The Kier molecular flexibility index (Phi) is 6.13. The molecular weight excluding hydrogens is 228 g/mol. The smallest absolute Gasteiger partial charge is 0.309 e. The Hall–Kier alpha value is -0.570. The monoisotopic (exact) mass is 256 g/mol. The van der Waals surface area contributed by atoms with Crippen molar-refractivity contribution >= 4 is 5.97 Å². The molecule has 0 aliphatic heterocycles. The molecule has 1 N–H and O–H groups in total. The van der Waals surface area contributed by atoms with Gasteiger partial charge in [0.2, 0.25) is 0 Å². The summed E-state index contributed by atoms with van der Waals surface area (Å²) < 4.78 is 5.32. The molecule has 0 amide bonds. The first kappa shape index (κ1) is 15.5. The van der Waals surface area contributed by atoms with E-state index in [0.717, 1.165) is 45.1 Å². The summed E-state index contributed by atoms with van der Waals surface area (Å²) in [5.74, 6) is 0.797. The molecule has 0 radical (unpaired) electrons. The minimum absolute atomic E-state index is 0.470. The molecule has 0 heterocycles. The summed E-state index contributed by atoms with van der Waals surface area (Å²) in [6.45, 7) is 7.87. The molecule has 0 spiro atoms. The second-order valence-corrected chi connectivity index (χ2v) is 5.97. The predicted octanol–water partition coefficient (Wildman–Crippen LogP) is 3.72. The molecule has 1 aliphatic rings. The number of carbonyl (C=O) groups is 1. The molecule has 0 aromatic heterocycles. The number of rotatable bonds is 7. The van der Waals surface area contributed by atoms with Crippen molar-refractivity contribution in [1.82, 2.24) is 0 Å². The standard InChI is InChI=1S/C15H28O3/c1-4-18-11-5-8-15(14(16)17)9-6-13(7-10-15)12(2)3/h12-13H,4-11H2,1-3H3,(H,16,17). The van der Waals surface area contributed by atoms with Crippen molar-refractivity contribution in [3.05, 3.63) is 0 Å². The van der Waals surface area contributed by atoms with Crippen LogP contribution in [-0.4, -0.2) is 24.3 Å². The lowest BCUT2D eigenvalue weighted by Crippen LogP contribution is -2.36. The van der Waals surface area contributed by atoms with E-state index >= 15 is 0 Å². The highest BCUT2D eigenvalue weighted by atomic mass is 16.5. The van der Waals surface area contributed by atoms with Crippen molar-refractivity contribution in [3.63, 3.8) is 0 Å². The minimum atomic E-state index is -0.596. The van der Waals surface area contributed by atoms with Crippen molar-refractivity contribution in [2.75, 3.05) is 13.2 Å². The quantitative estimate of drug-likeness (QED) is 0.706. The highest BCUT2D eigenvalue weighted by Gasteiger charge is 2.41. The first-order chi connectivity index (χ1) is 8.52. The zero-order valence-electron chi connectivity index (χ0n) is 12.1. The summed E-state index contributed by atoms with van der Waals surface area (Å²) in [5.41, 5.74) is -0.470. The van der Waals surface area contributed by atoms with Crippen LogP contribution in [0.1, 0.15) is 59.3 Å². The summed E-state index contributed by atoms with van der Waals surface area (Å²) in [6, 6.07) is 0. The molecule has 0 atom stereocenters. The maximum atomic E-state index is 11.6.